The van der Waals surface area contributed by atoms with Crippen LogP contribution in [-0.2, 0) is 0 Å². The third-order valence-corrected chi connectivity index (χ3v) is 26.9. The van der Waals surface area contributed by atoms with Gasteiger partial charge < -0.3 is 26.2 Å². The zero-order valence-corrected chi connectivity index (χ0v) is 77.6. The third kappa shape index (κ3) is 17.0. The number of nitrogens with one attached hydrogen (secondary N) is 2. The van der Waals surface area contributed by atoms with Crippen molar-refractivity contribution in [3.8, 4) is 100 Å². The van der Waals surface area contributed by atoms with E-state index in [4.69, 9.17) is 5.73 Å². The van der Waals surface area contributed by atoms with Crippen molar-refractivity contribution in [1.29, 1.82) is 0 Å². The lowest BCUT2D eigenvalue weighted by Crippen LogP contribution is -2.12. The van der Waals surface area contributed by atoms with E-state index in [0.29, 0.717) is 0 Å². The highest BCUT2D eigenvalue weighted by molar-refractivity contribution is 14.1. The van der Waals surface area contributed by atoms with Gasteiger partial charge in [-0.25, -0.2) is 0 Å². The number of para-hydroxylation sites is 5. The van der Waals surface area contributed by atoms with Crippen molar-refractivity contribution in [3.05, 3.63) is 469 Å². The Labute approximate surface area is 785 Å². The largest absolute Gasteiger partial charge is 0.399 e. The first-order valence-corrected chi connectivity index (χ1v) is 46.2. The van der Waals surface area contributed by atoms with Crippen molar-refractivity contribution in [3.63, 3.8) is 0 Å². The van der Waals surface area contributed by atoms with E-state index in [-0.39, 0.29) is 0 Å². The SMILES string of the molecule is Cc1ccccc1N.Cc1ccccc1N(c1ccc(-c2ccc(N(c3ccccc3C)c3ccc4c5c(cccc35)-c3ccccc3-4)cc2)cc1)c1ccc2c3c(cccc13)-c1ccccc1-2.Cc1ccccc1Nc1ccc(-c2ccc(Nc3ccccc3C)cc2)cc1.Ic1ccc(-c2ccc(I)cc2)cc1.Ic1ccc2c3c(cccc13)-c1ccccc1-2. The average Bonchev–Trinajstić information content (AvgIpc) is 1.63. The molecule has 20 aromatic carbocycles. The Morgan fingerprint density at radius 2 is 0.472 bits per heavy atom. The Morgan fingerprint density at radius 3 is 0.803 bits per heavy atom. The molecule has 8 heteroatoms. The molecule has 0 fully saturated rings. The number of nitrogens with zero attached hydrogens (tertiary/aromatic N) is 2. The van der Waals surface area contributed by atoms with Crippen LogP contribution in [0.4, 0.5) is 62.6 Å². The minimum absolute atomic E-state index is 0.868. The van der Waals surface area contributed by atoms with Gasteiger partial charge in [0.25, 0.3) is 0 Å². The van der Waals surface area contributed by atoms with Crippen molar-refractivity contribution in [2.45, 2.75) is 34.6 Å². The Hall–Kier alpha value is -13.6. The minimum Gasteiger partial charge on any atom is -0.399 e. The van der Waals surface area contributed by atoms with Crippen LogP contribution in [0, 0.1) is 45.3 Å². The van der Waals surface area contributed by atoms with Crippen LogP contribution in [0.25, 0.3) is 132 Å². The molecular formula is C119H90I3N5. The molecule has 127 heavy (non-hydrogen) atoms. The molecule has 0 amide bonds. The fourth-order valence-electron chi connectivity index (χ4n) is 17.9. The number of anilines is 11. The molecule has 0 bridgehead atoms. The fraction of sp³-hybridized carbons (Fsp3) is 0.0420. The van der Waals surface area contributed by atoms with Crippen LogP contribution in [0.2, 0.25) is 0 Å². The highest BCUT2D eigenvalue weighted by atomic mass is 127. The third-order valence-electron chi connectivity index (χ3n) is 24.5. The van der Waals surface area contributed by atoms with Crippen molar-refractivity contribution in [1.82, 2.24) is 0 Å². The number of aryl methyl sites for hydroxylation is 5. The second-order valence-electron chi connectivity index (χ2n) is 32.4. The summed E-state index contributed by atoms with van der Waals surface area (Å²) in [6.45, 7) is 10.6. The highest BCUT2D eigenvalue weighted by Gasteiger charge is 2.29. The second-order valence-corrected chi connectivity index (χ2v) is 36.1. The summed E-state index contributed by atoms with van der Waals surface area (Å²) < 4.78 is 3.88. The normalized spacial score (nSPS) is 11.2. The molecule has 5 nitrogen and oxygen atoms in total. The van der Waals surface area contributed by atoms with Gasteiger partial charge in [-0.3, -0.25) is 0 Å². The van der Waals surface area contributed by atoms with Crippen LogP contribution < -0.4 is 26.2 Å². The number of nitrogen functional groups attached to an aromatic ring is 1. The number of halogens is 3. The van der Waals surface area contributed by atoms with Gasteiger partial charge in [0.1, 0.15) is 0 Å². The summed E-state index contributed by atoms with van der Waals surface area (Å²) in [5, 5.41) is 14.9. The van der Waals surface area contributed by atoms with Gasteiger partial charge in [-0.2, -0.15) is 0 Å². The molecule has 612 valence electrons. The molecule has 23 rings (SSSR count). The standard InChI is InChI=1S/C58H40N2.C26H24N2.C16H9I.C12H8I2.C7H9N/c1-37-13-3-9-23-53(37)59(55-35-33-49-45-17-7-5-15-43(45)47-19-11-21-51(55)57(47)49)41-29-25-39(26-30-41)40-27-31-42(32-28-40)60(54-24-10-4-14-38(54)2)56-36-34-50-46-18-8-6-16-44(46)48-20-12-22-52(56)58(48)50;1-19-7-3-5-9-25(19)27-23-15-11-21(12-16-23)22-13-17-24(18-14-22)28-26-10-6-4-8-20(26)2;17-15-9-8-13-11-5-2-1-4-10(11)12-6-3-7-14(15)16(12)13;13-11-5-1-9(2-6-11)10-3-7-12(14)8-4-10;1-6-4-2-3-5-7(6)8/h3-36H,1-2H3;3-18,27-28H,1-2H3;1-9H;1-8H;2-5H,8H2,1H3. The number of nitrogens with two attached hydrogens (primary N) is 1. The summed E-state index contributed by atoms with van der Waals surface area (Å²) in [6.07, 6.45) is 0. The van der Waals surface area contributed by atoms with Crippen LogP contribution in [0.15, 0.2) is 431 Å². The van der Waals surface area contributed by atoms with Crippen molar-refractivity contribution < 1.29 is 0 Å². The van der Waals surface area contributed by atoms with Crippen LogP contribution in [-0.4, -0.2) is 0 Å². The lowest BCUT2D eigenvalue weighted by molar-refractivity contribution is 1.26. The summed E-state index contributed by atoms with van der Waals surface area (Å²) in [4.78, 5) is 4.87. The first kappa shape index (κ1) is 82.9. The van der Waals surface area contributed by atoms with Gasteiger partial charge in [-0.15, -0.1) is 0 Å². The maximum Gasteiger partial charge on any atom is 0.0540 e. The lowest BCUT2D eigenvalue weighted by atomic mass is 9.99. The van der Waals surface area contributed by atoms with Gasteiger partial charge in [0, 0.05) is 72.7 Å². The predicted molar refractivity (Wildman–Crippen MR) is 569 cm³/mol. The van der Waals surface area contributed by atoms with Gasteiger partial charge in [-0.05, 0) is 373 Å². The Morgan fingerprint density at radius 1 is 0.205 bits per heavy atom. The van der Waals surface area contributed by atoms with Crippen molar-refractivity contribution in [2.24, 2.45) is 0 Å². The molecule has 0 saturated heterocycles. The molecule has 3 aliphatic rings. The molecule has 20 aromatic rings. The summed E-state index contributed by atoms with van der Waals surface area (Å²) in [7, 11) is 0. The van der Waals surface area contributed by atoms with Crippen LogP contribution in [0.1, 0.15) is 27.8 Å². The molecule has 3 aliphatic carbocycles. The van der Waals surface area contributed by atoms with Gasteiger partial charge in [0.2, 0.25) is 0 Å². The molecule has 0 aliphatic heterocycles. The molecule has 0 unspecified atom stereocenters. The first-order valence-electron chi connectivity index (χ1n) is 43.0. The van der Waals surface area contributed by atoms with Crippen LogP contribution in [0.3, 0.4) is 0 Å². The summed E-state index contributed by atoms with van der Waals surface area (Å²) in [6, 6.07) is 154. The maximum absolute atomic E-state index is 5.52. The second kappa shape index (κ2) is 36.9. The van der Waals surface area contributed by atoms with Crippen LogP contribution in [0.5, 0.6) is 0 Å². The van der Waals surface area contributed by atoms with E-state index in [1.54, 1.807) is 0 Å². The Kier molecular flexibility index (Phi) is 24.1. The van der Waals surface area contributed by atoms with Gasteiger partial charge >= 0.3 is 0 Å². The minimum atomic E-state index is 0.868. The Balaban J connectivity index is 0.000000127. The fourth-order valence-corrected chi connectivity index (χ4v) is 19.2. The average molecular weight is 1970 g/mol. The molecule has 0 saturated carbocycles. The van der Waals surface area contributed by atoms with E-state index >= 15 is 0 Å². The van der Waals surface area contributed by atoms with Crippen LogP contribution >= 0.6 is 67.8 Å². The monoisotopic (exact) mass is 1970 g/mol. The van der Waals surface area contributed by atoms with Crippen molar-refractivity contribution in [2.75, 3.05) is 26.2 Å². The number of rotatable bonds is 13. The molecular weight excluding hydrogens is 1880 g/mol. The van der Waals surface area contributed by atoms with E-state index < -0.39 is 0 Å². The zero-order chi connectivity index (χ0) is 86.6. The molecule has 0 radical (unpaired) electrons. The summed E-state index contributed by atoms with van der Waals surface area (Å²) in [5.41, 5.74) is 47.2. The number of fused-ring (bicyclic) bond motifs is 9. The summed E-state index contributed by atoms with van der Waals surface area (Å²) >= 11 is 7.06. The van der Waals surface area contributed by atoms with Gasteiger partial charge in [-0.1, -0.05) is 309 Å². The predicted octanol–water partition coefficient (Wildman–Crippen LogP) is 35.2. The molecule has 4 N–H and O–H groups in total. The van der Waals surface area contributed by atoms with Gasteiger partial charge in [0.15, 0.2) is 0 Å². The smallest absolute Gasteiger partial charge is 0.0540 e. The van der Waals surface area contributed by atoms with E-state index in [9.17, 15) is 0 Å². The van der Waals surface area contributed by atoms with E-state index in [1.165, 1.54) is 188 Å². The summed E-state index contributed by atoms with van der Waals surface area (Å²) in [5.74, 6) is 0. The van der Waals surface area contributed by atoms with Gasteiger partial charge in [0.05, 0.1) is 11.4 Å². The number of hydrogen-bond acceptors (Lipinski definition) is 5. The highest BCUT2D eigenvalue weighted by Crippen LogP contribution is 2.55. The number of benzene rings is 20. The van der Waals surface area contributed by atoms with Crippen molar-refractivity contribution >= 4 is 163 Å². The zero-order valence-electron chi connectivity index (χ0n) is 71.1. The molecule has 0 atom stereocenters. The lowest BCUT2D eigenvalue weighted by Gasteiger charge is -2.29. The maximum atomic E-state index is 5.52. The topological polar surface area (TPSA) is 56.6 Å². The quantitative estimate of drug-likeness (QED) is 0.0793. The Bertz CT molecular complexity index is 7000. The molecule has 0 aromatic heterocycles. The molecule has 0 heterocycles. The number of hydrogen-bond donors (Lipinski definition) is 3. The van der Waals surface area contributed by atoms with E-state index in [1.807, 2.05) is 31.2 Å². The molecule has 0 spiro atoms. The van der Waals surface area contributed by atoms with E-state index in [0.717, 1.165) is 45.4 Å². The first-order chi connectivity index (χ1) is 62.2. The van der Waals surface area contributed by atoms with E-state index in [2.05, 4.69) is 522 Å².